The van der Waals surface area contributed by atoms with E-state index in [9.17, 15) is 4.21 Å². The molecule has 3 rings (SSSR count). The summed E-state index contributed by atoms with van der Waals surface area (Å²) < 4.78 is 12.2. The average molecular weight is 254 g/mol. The van der Waals surface area contributed by atoms with Gasteiger partial charge in [0.15, 0.2) is 0 Å². The third kappa shape index (κ3) is 2.04. The van der Waals surface area contributed by atoms with Crippen LogP contribution in [0.4, 0.5) is 0 Å². The highest BCUT2D eigenvalue weighted by Crippen LogP contribution is 2.31. The molecule has 1 nitrogen and oxygen atoms in total. The standard InChI is InChI=1S/C16H14OS/c17-18-12-6-10-14(13-7-2-1-3-8-13)15-9-4-5-11-16(15)18/h1-5,7-11H,6,12H2. The van der Waals surface area contributed by atoms with Gasteiger partial charge in [-0.3, -0.25) is 4.21 Å². The minimum absolute atomic E-state index is 0.716. The van der Waals surface area contributed by atoms with E-state index >= 15 is 0 Å². The minimum atomic E-state index is -0.879. The van der Waals surface area contributed by atoms with Crippen molar-refractivity contribution in [3.05, 3.63) is 71.8 Å². The van der Waals surface area contributed by atoms with Gasteiger partial charge >= 0.3 is 0 Å². The Morgan fingerprint density at radius 1 is 0.889 bits per heavy atom. The Morgan fingerprint density at radius 2 is 1.61 bits per heavy atom. The number of rotatable bonds is 1. The highest BCUT2D eigenvalue weighted by Gasteiger charge is 2.16. The monoisotopic (exact) mass is 254 g/mol. The highest BCUT2D eigenvalue weighted by atomic mass is 32.2. The summed E-state index contributed by atoms with van der Waals surface area (Å²) in [4.78, 5) is 0.963. The van der Waals surface area contributed by atoms with E-state index in [-0.39, 0.29) is 0 Å². The Bertz CT molecular complexity index is 614. The third-order valence-corrected chi connectivity index (χ3v) is 4.61. The lowest BCUT2D eigenvalue weighted by Crippen LogP contribution is -1.98. The topological polar surface area (TPSA) is 17.1 Å². The third-order valence-electron chi connectivity index (χ3n) is 3.16. The van der Waals surface area contributed by atoms with Crippen LogP contribution >= 0.6 is 0 Å². The predicted octanol–water partition coefficient (Wildman–Crippen LogP) is 3.63. The Labute approximate surface area is 110 Å². The molecule has 0 amide bonds. The van der Waals surface area contributed by atoms with E-state index in [1.807, 2.05) is 36.4 Å². The Morgan fingerprint density at radius 3 is 2.44 bits per heavy atom. The molecule has 18 heavy (non-hydrogen) atoms. The molecule has 0 saturated carbocycles. The quantitative estimate of drug-likeness (QED) is 0.759. The van der Waals surface area contributed by atoms with Crippen LogP contribution in [0.25, 0.3) is 5.57 Å². The van der Waals surface area contributed by atoms with Gasteiger partial charge < -0.3 is 0 Å². The number of allylic oxidation sites excluding steroid dienone is 1. The zero-order chi connectivity index (χ0) is 12.4. The summed E-state index contributed by atoms with van der Waals surface area (Å²) >= 11 is 0. The Balaban J connectivity index is 2.19. The van der Waals surface area contributed by atoms with Gasteiger partial charge in [0.25, 0.3) is 0 Å². The van der Waals surface area contributed by atoms with Gasteiger partial charge in [-0.2, -0.15) is 0 Å². The highest BCUT2D eigenvalue weighted by molar-refractivity contribution is 7.85. The normalized spacial score (nSPS) is 18.7. The van der Waals surface area contributed by atoms with Crippen molar-refractivity contribution in [2.75, 3.05) is 5.75 Å². The molecule has 2 heteroatoms. The van der Waals surface area contributed by atoms with Crippen LogP contribution in [0.2, 0.25) is 0 Å². The van der Waals surface area contributed by atoms with Gasteiger partial charge in [-0.1, -0.05) is 54.6 Å². The van der Waals surface area contributed by atoms with Crippen molar-refractivity contribution in [2.24, 2.45) is 0 Å². The molecule has 0 radical (unpaired) electrons. The molecule has 0 bridgehead atoms. The molecule has 2 aromatic rings. The molecule has 0 saturated heterocycles. The number of benzene rings is 2. The maximum absolute atomic E-state index is 12.2. The van der Waals surface area contributed by atoms with E-state index in [4.69, 9.17) is 0 Å². The lowest BCUT2D eigenvalue weighted by molar-refractivity contribution is 0.683. The molecule has 2 aromatic carbocycles. The number of hydrogen-bond acceptors (Lipinski definition) is 1. The van der Waals surface area contributed by atoms with Crippen molar-refractivity contribution in [3.63, 3.8) is 0 Å². The van der Waals surface area contributed by atoms with Gasteiger partial charge in [0.05, 0.1) is 10.8 Å². The van der Waals surface area contributed by atoms with Crippen molar-refractivity contribution in [1.29, 1.82) is 0 Å². The van der Waals surface area contributed by atoms with Crippen molar-refractivity contribution < 1.29 is 4.21 Å². The first-order valence-corrected chi connectivity index (χ1v) is 7.41. The van der Waals surface area contributed by atoms with Crippen molar-refractivity contribution in [2.45, 2.75) is 11.3 Å². The van der Waals surface area contributed by atoms with Gasteiger partial charge in [-0.25, -0.2) is 0 Å². The summed E-state index contributed by atoms with van der Waals surface area (Å²) in [7, 11) is -0.879. The van der Waals surface area contributed by atoms with E-state index in [1.54, 1.807) is 0 Å². The molecular weight excluding hydrogens is 240 g/mol. The fourth-order valence-corrected chi connectivity index (χ4v) is 3.51. The molecular formula is C16H14OS. The van der Waals surface area contributed by atoms with Gasteiger partial charge in [-0.05, 0) is 29.2 Å². The second-order valence-electron chi connectivity index (χ2n) is 4.32. The zero-order valence-electron chi connectivity index (χ0n) is 10.0. The summed E-state index contributed by atoms with van der Waals surface area (Å²) in [5.41, 5.74) is 3.51. The van der Waals surface area contributed by atoms with Crippen molar-refractivity contribution in [1.82, 2.24) is 0 Å². The van der Waals surface area contributed by atoms with Gasteiger partial charge in [0.1, 0.15) is 0 Å². The van der Waals surface area contributed by atoms with Crippen LogP contribution in [0, 0.1) is 0 Å². The van der Waals surface area contributed by atoms with Crippen LogP contribution in [-0.2, 0) is 10.8 Å². The summed E-state index contributed by atoms with van der Waals surface area (Å²) in [5.74, 6) is 0.716. The fourth-order valence-electron chi connectivity index (χ4n) is 2.31. The van der Waals surface area contributed by atoms with Gasteiger partial charge in [0, 0.05) is 10.6 Å². The van der Waals surface area contributed by atoms with E-state index in [0.29, 0.717) is 5.75 Å². The summed E-state index contributed by atoms with van der Waals surface area (Å²) in [6, 6.07) is 18.3. The maximum atomic E-state index is 12.2. The molecule has 0 fully saturated rings. The lowest BCUT2D eigenvalue weighted by Gasteiger charge is -2.10. The predicted molar refractivity (Wildman–Crippen MR) is 75.9 cm³/mol. The second kappa shape index (κ2) is 4.91. The molecule has 1 atom stereocenters. The SMILES string of the molecule is O=S1CCC=C(c2ccccc2)c2ccccc21. The smallest absolute Gasteiger partial charge is 0.0538 e. The lowest BCUT2D eigenvalue weighted by atomic mass is 9.97. The summed E-state index contributed by atoms with van der Waals surface area (Å²) in [6.07, 6.45) is 3.07. The summed E-state index contributed by atoms with van der Waals surface area (Å²) in [5, 5.41) is 0. The van der Waals surface area contributed by atoms with Crippen LogP contribution in [0.5, 0.6) is 0 Å². The zero-order valence-corrected chi connectivity index (χ0v) is 10.8. The molecule has 0 N–H and O–H groups in total. The van der Waals surface area contributed by atoms with Crippen molar-refractivity contribution in [3.8, 4) is 0 Å². The van der Waals surface area contributed by atoms with Crippen LogP contribution < -0.4 is 0 Å². The Hall–Kier alpha value is -1.67. The molecule has 1 aliphatic heterocycles. The average Bonchev–Trinajstić information content (AvgIpc) is 2.60. The van der Waals surface area contributed by atoms with Crippen molar-refractivity contribution >= 4 is 16.4 Å². The van der Waals surface area contributed by atoms with E-state index in [2.05, 4.69) is 24.3 Å². The Kier molecular flexibility index (Phi) is 3.11. The molecule has 1 heterocycles. The van der Waals surface area contributed by atoms with E-state index < -0.39 is 10.8 Å². The summed E-state index contributed by atoms with van der Waals surface area (Å²) in [6.45, 7) is 0. The first-order valence-electron chi connectivity index (χ1n) is 6.09. The number of fused-ring (bicyclic) bond motifs is 1. The first kappa shape index (κ1) is 11.4. The minimum Gasteiger partial charge on any atom is -0.254 e. The first-order chi connectivity index (χ1) is 8.86. The molecule has 0 spiro atoms. The molecule has 1 unspecified atom stereocenters. The van der Waals surface area contributed by atoms with E-state index in [1.165, 1.54) is 11.1 Å². The van der Waals surface area contributed by atoms with Crippen LogP contribution in [0.3, 0.4) is 0 Å². The molecule has 0 aliphatic carbocycles. The second-order valence-corrected chi connectivity index (χ2v) is 5.86. The molecule has 0 aromatic heterocycles. The van der Waals surface area contributed by atoms with Crippen LogP contribution in [-0.4, -0.2) is 9.96 Å². The van der Waals surface area contributed by atoms with Crippen LogP contribution in [0.15, 0.2) is 65.6 Å². The van der Waals surface area contributed by atoms with Crippen LogP contribution in [0.1, 0.15) is 17.5 Å². The van der Waals surface area contributed by atoms with E-state index in [0.717, 1.165) is 16.9 Å². The van der Waals surface area contributed by atoms with Gasteiger partial charge in [0.2, 0.25) is 0 Å². The number of hydrogen-bond donors (Lipinski definition) is 0. The molecule has 90 valence electrons. The fraction of sp³-hybridized carbons (Fsp3) is 0.125. The molecule has 1 aliphatic rings. The maximum Gasteiger partial charge on any atom is 0.0538 e. The van der Waals surface area contributed by atoms with Gasteiger partial charge in [-0.15, -0.1) is 0 Å². The largest absolute Gasteiger partial charge is 0.254 e.